The van der Waals surface area contributed by atoms with Gasteiger partial charge in [0.2, 0.25) is 0 Å². The molecular formula is C11H10Cl3NO. The Kier molecular flexibility index (Phi) is 5.13. The van der Waals surface area contributed by atoms with Crippen LogP contribution in [0.2, 0.25) is 0 Å². The molecule has 0 aliphatic rings. The number of carbonyl (C=O) groups excluding carboxylic acids is 1. The molecule has 0 saturated heterocycles. The molecule has 1 aromatic rings. The fraction of sp³-hybridized carbons (Fsp3) is 0.182. The van der Waals surface area contributed by atoms with E-state index in [1.807, 2.05) is 41.2 Å². The van der Waals surface area contributed by atoms with E-state index in [1.54, 1.807) is 6.08 Å². The maximum absolute atomic E-state index is 11.1. The Labute approximate surface area is 109 Å². The minimum absolute atomic E-state index is 0.184. The maximum atomic E-state index is 11.1. The Morgan fingerprint density at radius 3 is 2.50 bits per heavy atom. The zero-order valence-corrected chi connectivity index (χ0v) is 10.6. The minimum atomic E-state index is -1.53. The summed E-state index contributed by atoms with van der Waals surface area (Å²) in [6.45, 7) is 0. The highest BCUT2D eigenvalue weighted by Gasteiger charge is 2.31. The van der Waals surface area contributed by atoms with Gasteiger partial charge in [0.05, 0.1) is 0 Å². The van der Waals surface area contributed by atoms with E-state index in [2.05, 4.69) is 0 Å². The van der Waals surface area contributed by atoms with Gasteiger partial charge in [0.25, 0.3) is 5.91 Å². The normalized spacial score (nSPS) is 11.7. The van der Waals surface area contributed by atoms with Crippen LogP contribution in [0.1, 0.15) is 12.0 Å². The highest BCUT2D eigenvalue weighted by Crippen LogP contribution is 2.26. The molecule has 1 N–H and O–H groups in total. The molecule has 0 spiro atoms. The first-order valence-electron chi connectivity index (χ1n) is 4.57. The molecule has 0 aliphatic carbocycles. The van der Waals surface area contributed by atoms with Gasteiger partial charge < -0.3 is 0 Å². The Hall–Kier alpha value is -0.700. The minimum Gasteiger partial charge on any atom is -0.270 e. The van der Waals surface area contributed by atoms with Crippen molar-refractivity contribution in [3.63, 3.8) is 0 Å². The smallest absolute Gasteiger partial charge is 0.270 e. The molecule has 0 heterocycles. The Bertz CT molecular complexity index is 376. The van der Waals surface area contributed by atoms with Crippen LogP contribution in [-0.2, 0) is 4.79 Å². The van der Waals surface area contributed by atoms with Gasteiger partial charge in [-0.2, -0.15) is 0 Å². The molecule has 0 fully saturated rings. The van der Waals surface area contributed by atoms with E-state index in [-0.39, 0.29) is 6.42 Å². The second-order valence-corrected chi connectivity index (χ2v) is 4.82. The summed E-state index contributed by atoms with van der Waals surface area (Å²) in [6, 6.07) is 9.62. The second kappa shape index (κ2) is 6.14. The van der Waals surface area contributed by atoms with E-state index in [1.165, 1.54) is 0 Å². The van der Waals surface area contributed by atoms with Gasteiger partial charge in [0.1, 0.15) is 0 Å². The number of alkyl halides is 2. The first-order chi connectivity index (χ1) is 7.56. The molecule has 2 nitrogen and oxygen atoms in total. The van der Waals surface area contributed by atoms with Gasteiger partial charge in [0, 0.05) is 18.2 Å². The number of nitrogens with one attached hydrogen (secondary N) is 1. The van der Waals surface area contributed by atoms with Crippen LogP contribution in [0.4, 0.5) is 0 Å². The Morgan fingerprint density at radius 2 is 1.94 bits per heavy atom. The lowest BCUT2D eigenvalue weighted by molar-refractivity contribution is -0.119. The van der Waals surface area contributed by atoms with Crippen molar-refractivity contribution in [2.75, 3.05) is 0 Å². The largest absolute Gasteiger partial charge is 0.271 e. The number of rotatable bonds is 4. The van der Waals surface area contributed by atoms with E-state index in [4.69, 9.17) is 35.0 Å². The zero-order chi connectivity index (χ0) is 12.0. The summed E-state index contributed by atoms with van der Waals surface area (Å²) in [5.74, 6) is -0.629. The molecule has 0 saturated carbocycles. The summed E-state index contributed by atoms with van der Waals surface area (Å²) >= 11 is 16.7. The molecule has 0 aliphatic heterocycles. The molecule has 1 rings (SSSR count). The van der Waals surface area contributed by atoms with Crippen LogP contribution in [0.25, 0.3) is 6.08 Å². The van der Waals surface area contributed by atoms with Crippen LogP contribution in [0.3, 0.4) is 0 Å². The van der Waals surface area contributed by atoms with Crippen molar-refractivity contribution in [3.05, 3.63) is 42.0 Å². The monoisotopic (exact) mass is 277 g/mol. The summed E-state index contributed by atoms with van der Waals surface area (Å²) in [5.41, 5.74) is 1.01. The Morgan fingerprint density at radius 1 is 1.31 bits per heavy atom. The molecule has 5 heteroatoms. The van der Waals surface area contributed by atoms with Crippen LogP contribution in [0.5, 0.6) is 0 Å². The molecular weight excluding hydrogens is 268 g/mol. The summed E-state index contributed by atoms with van der Waals surface area (Å²) in [7, 11) is 0. The fourth-order valence-corrected chi connectivity index (χ4v) is 1.60. The van der Waals surface area contributed by atoms with E-state index in [9.17, 15) is 4.79 Å². The number of amides is 1. The number of allylic oxidation sites excluding steroid dienone is 1. The number of carbonyl (C=O) groups is 1. The molecule has 86 valence electrons. The summed E-state index contributed by atoms with van der Waals surface area (Å²) in [6.07, 6.45) is 3.74. The van der Waals surface area contributed by atoms with Crippen molar-refractivity contribution < 1.29 is 4.79 Å². The SMILES string of the molecule is O=C(NCl)C(Cl)(Cl)C/C=C/c1ccccc1. The van der Waals surface area contributed by atoms with E-state index >= 15 is 0 Å². The molecule has 0 radical (unpaired) electrons. The van der Waals surface area contributed by atoms with Crippen molar-refractivity contribution in [2.45, 2.75) is 10.8 Å². The highest BCUT2D eigenvalue weighted by atomic mass is 35.5. The van der Waals surface area contributed by atoms with Gasteiger partial charge in [-0.25, -0.2) is 0 Å². The first-order valence-corrected chi connectivity index (χ1v) is 5.70. The van der Waals surface area contributed by atoms with Crippen molar-refractivity contribution in [2.24, 2.45) is 0 Å². The molecule has 16 heavy (non-hydrogen) atoms. The molecule has 1 amide bonds. The Balaban J connectivity index is 2.58. The standard InChI is InChI=1S/C11H10Cl3NO/c12-11(13,10(16)15-14)8-4-7-9-5-2-1-3-6-9/h1-7H,8H2,(H,15,16)/b7-4+. The molecule has 0 bridgehead atoms. The first kappa shape index (κ1) is 13.4. The number of halogens is 3. The number of hydrogen-bond donors (Lipinski definition) is 1. The summed E-state index contributed by atoms with van der Waals surface area (Å²) in [4.78, 5) is 13.0. The molecule has 1 aromatic carbocycles. The maximum Gasteiger partial charge on any atom is 0.271 e. The fourth-order valence-electron chi connectivity index (χ4n) is 1.07. The molecule has 0 atom stereocenters. The topological polar surface area (TPSA) is 29.1 Å². The van der Waals surface area contributed by atoms with E-state index in [0.717, 1.165) is 5.56 Å². The quantitative estimate of drug-likeness (QED) is 0.662. The predicted octanol–water partition coefficient (Wildman–Crippen LogP) is 3.53. The van der Waals surface area contributed by atoms with Gasteiger partial charge in [-0.15, -0.1) is 0 Å². The predicted molar refractivity (Wildman–Crippen MR) is 68.5 cm³/mol. The van der Waals surface area contributed by atoms with Crippen LogP contribution >= 0.6 is 35.0 Å². The van der Waals surface area contributed by atoms with Gasteiger partial charge in [0.15, 0.2) is 4.33 Å². The second-order valence-electron chi connectivity index (χ2n) is 3.15. The average Bonchev–Trinajstić information content (AvgIpc) is 2.29. The van der Waals surface area contributed by atoms with Crippen LogP contribution < -0.4 is 4.84 Å². The van der Waals surface area contributed by atoms with Crippen molar-refractivity contribution in [1.82, 2.24) is 4.84 Å². The third kappa shape index (κ3) is 4.05. The van der Waals surface area contributed by atoms with Crippen LogP contribution in [-0.4, -0.2) is 10.2 Å². The van der Waals surface area contributed by atoms with E-state index in [0.29, 0.717) is 0 Å². The van der Waals surface area contributed by atoms with Gasteiger partial charge >= 0.3 is 0 Å². The van der Waals surface area contributed by atoms with Crippen LogP contribution in [0.15, 0.2) is 36.4 Å². The summed E-state index contributed by atoms with van der Waals surface area (Å²) < 4.78 is -1.53. The third-order valence-corrected chi connectivity index (χ3v) is 2.73. The summed E-state index contributed by atoms with van der Waals surface area (Å²) in [5, 5.41) is 0. The van der Waals surface area contributed by atoms with Crippen molar-refractivity contribution in [1.29, 1.82) is 0 Å². The molecule has 0 aromatic heterocycles. The third-order valence-electron chi connectivity index (χ3n) is 1.90. The van der Waals surface area contributed by atoms with Gasteiger partial charge in [-0.3, -0.25) is 9.63 Å². The van der Waals surface area contributed by atoms with Gasteiger partial charge in [-0.1, -0.05) is 65.7 Å². The lowest BCUT2D eigenvalue weighted by atomic mass is 10.2. The zero-order valence-electron chi connectivity index (χ0n) is 8.29. The van der Waals surface area contributed by atoms with E-state index < -0.39 is 10.2 Å². The molecule has 0 unspecified atom stereocenters. The van der Waals surface area contributed by atoms with Crippen molar-refractivity contribution in [3.8, 4) is 0 Å². The van der Waals surface area contributed by atoms with Crippen LogP contribution in [0, 0.1) is 0 Å². The average molecular weight is 279 g/mol. The lowest BCUT2D eigenvalue weighted by Gasteiger charge is -2.13. The van der Waals surface area contributed by atoms with Gasteiger partial charge in [-0.05, 0) is 5.56 Å². The lowest BCUT2D eigenvalue weighted by Crippen LogP contribution is -2.32. The van der Waals surface area contributed by atoms with Crippen molar-refractivity contribution >= 4 is 47.0 Å². The highest BCUT2D eigenvalue weighted by molar-refractivity contribution is 6.59. The number of benzene rings is 1. The number of hydrogen-bond acceptors (Lipinski definition) is 1.